The average molecular weight is 284 g/mol. The van der Waals surface area contributed by atoms with Crippen LogP contribution in [-0.2, 0) is 22.1 Å². The number of ether oxygens (including phenoxy) is 1. The normalized spacial score (nSPS) is 12.5. The first-order valence-corrected chi connectivity index (χ1v) is 4.84. The summed E-state index contributed by atoms with van der Waals surface area (Å²) in [5.41, 5.74) is 5.31. The van der Waals surface area contributed by atoms with Crippen molar-refractivity contribution in [2.45, 2.75) is 18.6 Å². The zero-order valence-electron chi connectivity index (χ0n) is 9.53. The molecule has 0 unspecified atom stereocenters. The van der Waals surface area contributed by atoms with Crippen molar-refractivity contribution in [3.05, 3.63) is 35.4 Å². The Bertz CT molecular complexity index is 392. The number of rotatable bonds is 3. The van der Waals surface area contributed by atoms with Gasteiger partial charge in [0.25, 0.3) is 0 Å². The minimum atomic E-state index is -4.36. The molecule has 0 aliphatic heterocycles. The van der Waals surface area contributed by atoms with Gasteiger partial charge in [-0.2, -0.15) is 13.2 Å². The Balaban J connectivity index is 0.00000289. The Morgan fingerprint density at radius 2 is 1.83 bits per heavy atom. The van der Waals surface area contributed by atoms with Crippen LogP contribution in [0, 0.1) is 0 Å². The fraction of sp³-hybridized carbons (Fsp3) is 0.364. The summed E-state index contributed by atoms with van der Waals surface area (Å²) in [4.78, 5) is 11.0. The first-order valence-electron chi connectivity index (χ1n) is 4.84. The van der Waals surface area contributed by atoms with Crippen molar-refractivity contribution < 1.29 is 22.7 Å². The Morgan fingerprint density at radius 1 is 1.33 bits per heavy atom. The Kier molecular flexibility index (Phi) is 6.14. The molecule has 102 valence electrons. The second-order valence-electron chi connectivity index (χ2n) is 3.53. The summed E-state index contributed by atoms with van der Waals surface area (Å²) in [6.45, 7) is 0. The highest BCUT2D eigenvalue weighted by Crippen LogP contribution is 2.29. The lowest BCUT2D eigenvalue weighted by molar-refractivity contribution is -0.142. The predicted octanol–water partition coefficient (Wildman–Crippen LogP) is 2.17. The van der Waals surface area contributed by atoms with Gasteiger partial charge in [-0.15, -0.1) is 12.4 Å². The highest BCUT2D eigenvalue weighted by molar-refractivity contribution is 5.85. The molecule has 0 bridgehead atoms. The van der Waals surface area contributed by atoms with Crippen LogP contribution in [0.4, 0.5) is 13.2 Å². The molecule has 0 saturated carbocycles. The monoisotopic (exact) mass is 283 g/mol. The molecule has 0 aromatic heterocycles. The zero-order chi connectivity index (χ0) is 13.1. The molecule has 3 nitrogen and oxygen atoms in total. The lowest BCUT2D eigenvalue weighted by atomic mass is 10.0. The number of benzene rings is 1. The molecule has 0 saturated heterocycles. The maximum atomic E-state index is 12.3. The van der Waals surface area contributed by atoms with Gasteiger partial charge in [0.2, 0.25) is 0 Å². The van der Waals surface area contributed by atoms with Gasteiger partial charge in [-0.3, -0.25) is 4.79 Å². The van der Waals surface area contributed by atoms with E-state index in [-0.39, 0.29) is 18.8 Å². The number of carbonyl (C=O) groups is 1. The smallest absolute Gasteiger partial charge is 0.416 e. The summed E-state index contributed by atoms with van der Waals surface area (Å²) in [5, 5.41) is 0. The van der Waals surface area contributed by atoms with Gasteiger partial charge in [0.05, 0.1) is 12.7 Å². The molecular formula is C11H13ClF3NO2. The number of hydrogen-bond acceptors (Lipinski definition) is 3. The van der Waals surface area contributed by atoms with Crippen LogP contribution in [0.1, 0.15) is 11.1 Å². The largest absolute Gasteiger partial charge is 0.468 e. The molecule has 0 radical (unpaired) electrons. The average Bonchev–Trinajstić information content (AvgIpc) is 2.27. The molecule has 2 N–H and O–H groups in total. The summed E-state index contributed by atoms with van der Waals surface area (Å²) >= 11 is 0. The van der Waals surface area contributed by atoms with Crippen molar-refractivity contribution in [2.24, 2.45) is 5.73 Å². The number of methoxy groups -OCH3 is 1. The fourth-order valence-corrected chi connectivity index (χ4v) is 1.32. The number of hydrogen-bond donors (Lipinski definition) is 1. The maximum absolute atomic E-state index is 12.3. The van der Waals surface area contributed by atoms with Crippen molar-refractivity contribution in [2.75, 3.05) is 7.11 Å². The molecule has 1 aromatic rings. The molecule has 18 heavy (non-hydrogen) atoms. The van der Waals surface area contributed by atoms with Gasteiger partial charge in [-0.05, 0) is 24.1 Å². The van der Waals surface area contributed by atoms with Crippen LogP contribution in [0.2, 0.25) is 0 Å². The van der Waals surface area contributed by atoms with Gasteiger partial charge in [0.1, 0.15) is 6.04 Å². The summed E-state index contributed by atoms with van der Waals surface area (Å²) < 4.78 is 41.2. The van der Waals surface area contributed by atoms with Crippen molar-refractivity contribution in [3.63, 3.8) is 0 Å². The molecular weight excluding hydrogens is 271 g/mol. The Labute approximate surface area is 109 Å². The summed E-state index contributed by atoms with van der Waals surface area (Å²) in [5.74, 6) is -0.593. The Hall–Kier alpha value is -1.27. The molecule has 1 aromatic carbocycles. The van der Waals surface area contributed by atoms with Gasteiger partial charge in [0.15, 0.2) is 0 Å². The molecule has 0 amide bonds. The number of alkyl halides is 3. The number of carbonyl (C=O) groups excluding carboxylic acids is 1. The van der Waals surface area contributed by atoms with Gasteiger partial charge >= 0.3 is 12.1 Å². The fourth-order valence-electron chi connectivity index (χ4n) is 1.32. The topological polar surface area (TPSA) is 52.3 Å². The lowest BCUT2D eigenvalue weighted by Gasteiger charge is -2.10. The van der Waals surface area contributed by atoms with Crippen LogP contribution in [0.15, 0.2) is 24.3 Å². The standard InChI is InChI=1S/C11H12F3NO2.ClH/c1-17-10(16)9(15)6-7-2-4-8(5-3-7)11(12,13)14;/h2-5,9H,6,15H2,1H3;1H/t9-;/m1./s1. The quantitative estimate of drug-likeness (QED) is 0.865. The molecule has 0 fully saturated rings. The molecule has 0 heterocycles. The van der Waals surface area contributed by atoms with E-state index < -0.39 is 23.8 Å². The number of halogens is 4. The Morgan fingerprint density at radius 3 is 2.22 bits per heavy atom. The van der Waals surface area contributed by atoms with E-state index in [2.05, 4.69) is 4.74 Å². The van der Waals surface area contributed by atoms with E-state index in [0.717, 1.165) is 12.1 Å². The molecule has 0 aliphatic rings. The van der Waals surface area contributed by atoms with Crippen LogP contribution in [0.5, 0.6) is 0 Å². The third kappa shape index (κ3) is 4.54. The second kappa shape index (κ2) is 6.61. The minimum absolute atomic E-state index is 0. The summed E-state index contributed by atoms with van der Waals surface area (Å²) in [7, 11) is 1.20. The third-order valence-electron chi connectivity index (χ3n) is 2.24. The molecule has 1 rings (SSSR count). The van der Waals surface area contributed by atoms with E-state index in [1.54, 1.807) is 0 Å². The van der Waals surface area contributed by atoms with Crippen LogP contribution < -0.4 is 5.73 Å². The number of nitrogens with two attached hydrogens (primary N) is 1. The maximum Gasteiger partial charge on any atom is 0.416 e. The highest BCUT2D eigenvalue weighted by Gasteiger charge is 2.30. The van der Waals surface area contributed by atoms with E-state index in [0.29, 0.717) is 5.56 Å². The van der Waals surface area contributed by atoms with Gasteiger partial charge in [-0.25, -0.2) is 0 Å². The molecule has 0 spiro atoms. The van der Waals surface area contributed by atoms with E-state index in [1.165, 1.54) is 19.2 Å². The third-order valence-corrected chi connectivity index (χ3v) is 2.24. The second-order valence-corrected chi connectivity index (χ2v) is 3.53. The SMILES string of the molecule is COC(=O)[C@H](N)Cc1ccc(C(F)(F)F)cc1.Cl. The molecule has 0 aliphatic carbocycles. The van der Waals surface area contributed by atoms with E-state index in [9.17, 15) is 18.0 Å². The van der Waals surface area contributed by atoms with Crippen LogP contribution in [0.3, 0.4) is 0 Å². The summed E-state index contributed by atoms with van der Waals surface area (Å²) in [6.07, 6.45) is -4.21. The van der Waals surface area contributed by atoms with Crippen LogP contribution in [0.25, 0.3) is 0 Å². The summed E-state index contributed by atoms with van der Waals surface area (Å²) in [6, 6.07) is 3.65. The minimum Gasteiger partial charge on any atom is -0.468 e. The van der Waals surface area contributed by atoms with Crippen molar-refractivity contribution >= 4 is 18.4 Å². The van der Waals surface area contributed by atoms with E-state index in [1.807, 2.05) is 0 Å². The van der Waals surface area contributed by atoms with Crippen LogP contribution >= 0.6 is 12.4 Å². The predicted molar refractivity (Wildman–Crippen MR) is 62.4 cm³/mol. The van der Waals surface area contributed by atoms with Crippen molar-refractivity contribution in [3.8, 4) is 0 Å². The number of esters is 1. The highest BCUT2D eigenvalue weighted by atomic mass is 35.5. The van der Waals surface area contributed by atoms with Crippen molar-refractivity contribution in [1.29, 1.82) is 0 Å². The lowest BCUT2D eigenvalue weighted by Crippen LogP contribution is -2.33. The first-order chi connectivity index (χ1) is 7.84. The van der Waals surface area contributed by atoms with Gasteiger partial charge < -0.3 is 10.5 Å². The van der Waals surface area contributed by atoms with E-state index in [4.69, 9.17) is 5.73 Å². The zero-order valence-corrected chi connectivity index (χ0v) is 10.3. The van der Waals surface area contributed by atoms with Gasteiger partial charge in [-0.1, -0.05) is 12.1 Å². The van der Waals surface area contributed by atoms with Crippen LogP contribution in [-0.4, -0.2) is 19.1 Å². The van der Waals surface area contributed by atoms with Gasteiger partial charge in [0, 0.05) is 0 Å². The first kappa shape index (κ1) is 16.7. The van der Waals surface area contributed by atoms with E-state index >= 15 is 0 Å². The van der Waals surface area contributed by atoms with Crippen molar-refractivity contribution in [1.82, 2.24) is 0 Å². The molecule has 7 heteroatoms. The molecule has 1 atom stereocenters.